The molecule has 0 N–H and O–H groups in total. The summed E-state index contributed by atoms with van der Waals surface area (Å²) in [6.07, 6.45) is 0.804. The highest BCUT2D eigenvalue weighted by atomic mass is 16.7. The van der Waals surface area contributed by atoms with Crippen LogP contribution in [0.1, 0.15) is 38.1 Å². The Bertz CT molecular complexity index is 724. The van der Waals surface area contributed by atoms with Gasteiger partial charge in [0.15, 0.2) is 0 Å². The van der Waals surface area contributed by atoms with Crippen molar-refractivity contribution < 1.29 is 18.8 Å². The molecule has 0 bridgehead atoms. The zero-order chi connectivity index (χ0) is 17.4. The van der Waals surface area contributed by atoms with Crippen molar-refractivity contribution in [1.29, 1.82) is 0 Å². The average molecular weight is 324 g/mol. The summed E-state index contributed by atoms with van der Waals surface area (Å²) in [5.74, 6) is 1.25. The second-order valence-corrected chi connectivity index (χ2v) is 6.88. The van der Waals surface area contributed by atoms with Crippen LogP contribution >= 0.6 is 0 Å². The van der Waals surface area contributed by atoms with Crippen LogP contribution in [0, 0.1) is 0 Å². The van der Waals surface area contributed by atoms with E-state index in [1.807, 2.05) is 64.1 Å². The maximum absolute atomic E-state index is 11.5. The van der Waals surface area contributed by atoms with Crippen LogP contribution in [0.15, 0.2) is 48.5 Å². The molecule has 4 nitrogen and oxygen atoms in total. The lowest BCUT2D eigenvalue weighted by atomic mass is 9.75. The molecule has 0 aromatic heterocycles. The first kappa shape index (κ1) is 16.7. The summed E-state index contributed by atoms with van der Waals surface area (Å²) in [5.41, 5.74) is 0.145. The summed E-state index contributed by atoms with van der Waals surface area (Å²) in [7, 11) is -0.657. The summed E-state index contributed by atoms with van der Waals surface area (Å²) >= 11 is 0. The lowest BCUT2D eigenvalue weighted by Crippen LogP contribution is -2.41. The zero-order valence-corrected chi connectivity index (χ0v) is 14.4. The van der Waals surface area contributed by atoms with E-state index in [1.54, 1.807) is 12.1 Å². The molecule has 5 heteroatoms. The maximum atomic E-state index is 11.5. The predicted octanol–water partition coefficient (Wildman–Crippen LogP) is 3.59. The van der Waals surface area contributed by atoms with E-state index in [4.69, 9.17) is 14.0 Å². The van der Waals surface area contributed by atoms with Gasteiger partial charge in [-0.3, -0.25) is 4.79 Å². The molecule has 2 aromatic rings. The average Bonchev–Trinajstić information content (AvgIpc) is 2.75. The molecule has 1 aliphatic heterocycles. The summed E-state index contributed by atoms with van der Waals surface area (Å²) in [4.78, 5) is 11.5. The number of para-hydroxylation sites is 1. The SMILES string of the molecule is CC1(C)OB(c2c(C=O)cccc2Oc2ccccc2)OC1(C)C. The Hall–Kier alpha value is -2.11. The van der Waals surface area contributed by atoms with E-state index in [-0.39, 0.29) is 0 Å². The molecule has 1 heterocycles. The van der Waals surface area contributed by atoms with Crippen LogP contribution in [-0.4, -0.2) is 24.6 Å². The fourth-order valence-corrected chi connectivity index (χ4v) is 2.58. The second-order valence-electron chi connectivity index (χ2n) is 6.88. The predicted molar refractivity (Wildman–Crippen MR) is 94.1 cm³/mol. The lowest BCUT2D eigenvalue weighted by Gasteiger charge is -2.32. The van der Waals surface area contributed by atoms with Gasteiger partial charge in [-0.15, -0.1) is 0 Å². The monoisotopic (exact) mass is 324 g/mol. The highest BCUT2D eigenvalue weighted by molar-refractivity contribution is 6.64. The minimum atomic E-state index is -0.657. The van der Waals surface area contributed by atoms with Crippen LogP contribution in [0.25, 0.3) is 0 Å². The summed E-state index contributed by atoms with van der Waals surface area (Å²) in [6, 6.07) is 14.8. The van der Waals surface area contributed by atoms with Crippen LogP contribution in [-0.2, 0) is 9.31 Å². The lowest BCUT2D eigenvalue weighted by molar-refractivity contribution is 0.00578. The van der Waals surface area contributed by atoms with E-state index < -0.39 is 18.3 Å². The number of ether oxygens (including phenoxy) is 1. The molecule has 3 rings (SSSR count). The number of benzene rings is 2. The summed E-state index contributed by atoms with van der Waals surface area (Å²) in [5, 5.41) is 0. The van der Waals surface area contributed by atoms with Crippen molar-refractivity contribution in [1.82, 2.24) is 0 Å². The standard InChI is InChI=1S/C19H21BO4/c1-18(2)19(3,4)24-20(23-18)17-14(13-21)9-8-12-16(17)22-15-10-6-5-7-11-15/h5-13H,1-4H3. The molecule has 2 aromatic carbocycles. The third kappa shape index (κ3) is 2.97. The highest BCUT2D eigenvalue weighted by Crippen LogP contribution is 2.37. The van der Waals surface area contributed by atoms with Gasteiger partial charge in [0.2, 0.25) is 0 Å². The molecule has 24 heavy (non-hydrogen) atoms. The van der Waals surface area contributed by atoms with Gasteiger partial charge < -0.3 is 14.0 Å². The van der Waals surface area contributed by atoms with E-state index in [0.29, 0.717) is 22.5 Å². The molecular formula is C19H21BO4. The largest absolute Gasteiger partial charge is 0.499 e. The summed E-state index contributed by atoms with van der Waals surface area (Å²) < 4.78 is 18.2. The molecule has 0 amide bonds. The molecule has 1 saturated heterocycles. The Morgan fingerprint density at radius 1 is 0.917 bits per heavy atom. The molecule has 0 unspecified atom stereocenters. The van der Waals surface area contributed by atoms with E-state index in [1.165, 1.54) is 0 Å². The van der Waals surface area contributed by atoms with E-state index in [2.05, 4.69) is 0 Å². The maximum Gasteiger partial charge on any atom is 0.499 e. The van der Waals surface area contributed by atoms with Crippen molar-refractivity contribution in [2.45, 2.75) is 38.9 Å². The van der Waals surface area contributed by atoms with Crippen LogP contribution in [0.5, 0.6) is 11.5 Å². The van der Waals surface area contributed by atoms with Gasteiger partial charge in [0.25, 0.3) is 0 Å². The topological polar surface area (TPSA) is 44.8 Å². The van der Waals surface area contributed by atoms with Crippen molar-refractivity contribution in [3.63, 3.8) is 0 Å². The van der Waals surface area contributed by atoms with Crippen molar-refractivity contribution in [3.05, 3.63) is 54.1 Å². The molecular weight excluding hydrogens is 303 g/mol. The van der Waals surface area contributed by atoms with E-state index in [9.17, 15) is 4.79 Å². The molecule has 0 spiro atoms. The molecule has 0 aliphatic carbocycles. The summed E-state index contributed by atoms with van der Waals surface area (Å²) in [6.45, 7) is 7.92. The molecule has 1 fully saturated rings. The minimum absolute atomic E-state index is 0.488. The highest BCUT2D eigenvalue weighted by Gasteiger charge is 2.53. The smallest absolute Gasteiger partial charge is 0.458 e. The van der Waals surface area contributed by atoms with Gasteiger partial charge >= 0.3 is 7.12 Å². The van der Waals surface area contributed by atoms with Crippen LogP contribution < -0.4 is 10.2 Å². The molecule has 124 valence electrons. The Morgan fingerprint density at radius 3 is 2.12 bits per heavy atom. The Balaban J connectivity index is 2.02. The Labute approximate surface area is 142 Å². The van der Waals surface area contributed by atoms with Crippen molar-refractivity contribution >= 4 is 18.9 Å². The quantitative estimate of drug-likeness (QED) is 0.637. The number of rotatable bonds is 4. The fraction of sp³-hybridized carbons (Fsp3) is 0.316. The minimum Gasteiger partial charge on any atom is -0.458 e. The van der Waals surface area contributed by atoms with E-state index in [0.717, 1.165) is 6.29 Å². The normalized spacial score (nSPS) is 18.4. The third-order valence-corrected chi connectivity index (χ3v) is 4.69. The van der Waals surface area contributed by atoms with Gasteiger partial charge in [0.1, 0.15) is 17.8 Å². The molecule has 0 atom stereocenters. The fourth-order valence-electron chi connectivity index (χ4n) is 2.58. The van der Waals surface area contributed by atoms with Gasteiger partial charge in [-0.05, 0) is 45.9 Å². The number of aldehydes is 1. The van der Waals surface area contributed by atoms with Crippen LogP contribution in [0.2, 0.25) is 0 Å². The van der Waals surface area contributed by atoms with Crippen LogP contribution in [0.3, 0.4) is 0 Å². The Morgan fingerprint density at radius 2 is 1.54 bits per heavy atom. The van der Waals surface area contributed by atoms with Gasteiger partial charge in [-0.25, -0.2) is 0 Å². The second kappa shape index (κ2) is 6.08. The molecule has 1 aliphatic rings. The van der Waals surface area contributed by atoms with Crippen molar-refractivity contribution in [3.8, 4) is 11.5 Å². The van der Waals surface area contributed by atoms with Crippen molar-refractivity contribution in [2.24, 2.45) is 0 Å². The zero-order valence-electron chi connectivity index (χ0n) is 14.4. The van der Waals surface area contributed by atoms with Crippen LogP contribution in [0.4, 0.5) is 0 Å². The number of hydrogen-bond donors (Lipinski definition) is 0. The van der Waals surface area contributed by atoms with Gasteiger partial charge in [0.05, 0.1) is 11.2 Å². The third-order valence-electron chi connectivity index (χ3n) is 4.69. The van der Waals surface area contributed by atoms with E-state index >= 15 is 0 Å². The first-order chi connectivity index (χ1) is 11.3. The number of carbonyl (C=O) groups is 1. The van der Waals surface area contributed by atoms with Gasteiger partial charge in [0, 0.05) is 11.0 Å². The van der Waals surface area contributed by atoms with Crippen molar-refractivity contribution in [2.75, 3.05) is 0 Å². The number of carbonyl (C=O) groups excluding carboxylic acids is 1. The first-order valence-corrected chi connectivity index (χ1v) is 8.01. The van der Waals surface area contributed by atoms with Gasteiger partial charge in [-0.1, -0.05) is 30.3 Å². The van der Waals surface area contributed by atoms with Gasteiger partial charge in [-0.2, -0.15) is 0 Å². The Kier molecular flexibility index (Phi) is 4.24. The first-order valence-electron chi connectivity index (χ1n) is 8.01. The molecule has 0 radical (unpaired) electrons. The number of hydrogen-bond acceptors (Lipinski definition) is 4. The molecule has 0 saturated carbocycles.